The molecule has 1 aliphatic rings. The number of hydrogen-bond donors (Lipinski definition) is 3. The third-order valence-electron chi connectivity index (χ3n) is 4.01. The van der Waals surface area contributed by atoms with Crippen LogP contribution in [0.25, 0.3) is 0 Å². The largest absolute Gasteiger partial charge is 0.416 e. The summed E-state index contributed by atoms with van der Waals surface area (Å²) in [6.45, 7) is 1.62. The van der Waals surface area contributed by atoms with Gasteiger partial charge in [-0.15, -0.1) is 0 Å². The van der Waals surface area contributed by atoms with Crippen molar-refractivity contribution in [3.05, 3.63) is 29.8 Å². The van der Waals surface area contributed by atoms with Crippen LogP contribution in [0.4, 0.5) is 13.2 Å². The van der Waals surface area contributed by atoms with Gasteiger partial charge in [0.05, 0.1) is 10.5 Å². The average molecular weight is 393 g/mol. The van der Waals surface area contributed by atoms with Crippen LogP contribution in [0.3, 0.4) is 0 Å². The number of sulfonamides is 1. The van der Waals surface area contributed by atoms with Crippen LogP contribution in [-0.4, -0.2) is 40.0 Å². The molecule has 10 heteroatoms. The highest BCUT2D eigenvalue weighted by atomic mass is 32.2. The van der Waals surface area contributed by atoms with Crippen molar-refractivity contribution in [2.75, 3.05) is 19.6 Å². The lowest BCUT2D eigenvalue weighted by atomic mass is 10.1. The molecule has 0 radical (unpaired) electrons. The molecule has 1 saturated heterocycles. The van der Waals surface area contributed by atoms with Gasteiger partial charge in [-0.05, 0) is 44.0 Å². The lowest BCUT2D eigenvalue weighted by Gasteiger charge is -2.23. The number of rotatable bonds is 7. The number of halogens is 3. The van der Waals surface area contributed by atoms with Crippen molar-refractivity contribution in [2.45, 2.75) is 42.8 Å². The van der Waals surface area contributed by atoms with Crippen molar-refractivity contribution in [2.24, 2.45) is 0 Å². The molecule has 1 fully saturated rings. The molecule has 26 heavy (non-hydrogen) atoms. The monoisotopic (exact) mass is 393 g/mol. The number of alkyl halides is 3. The minimum atomic E-state index is -4.61. The second kappa shape index (κ2) is 8.83. The highest BCUT2D eigenvalue weighted by Gasteiger charge is 2.31. The Bertz CT molecular complexity index is 717. The number of nitrogens with one attached hydrogen (secondary N) is 3. The first-order valence-electron chi connectivity index (χ1n) is 8.35. The Hall–Kier alpha value is -1.65. The highest BCUT2D eigenvalue weighted by Crippen LogP contribution is 2.30. The highest BCUT2D eigenvalue weighted by molar-refractivity contribution is 7.89. The van der Waals surface area contributed by atoms with Gasteiger partial charge >= 0.3 is 6.18 Å². The first-order chi connectivity index (χ1) is 12.2. The number of piperidine rings is 1. The van der Waals surface area contributed by atoms with Crippen LogP contribution in [0.5, 0.6) is 0 Å². The van der Waals surface area contributed by atoms with E-state index in [1.165, 1.54) is 0 Å². The van der Waals surface area contributed by atoms with E-state index in [4.69, 9.17) is 0 Å². The smallest absolute Gasteiger partial charge is 0.352 e. The van der Waals surface area contributed by atoms with Crippen LogP contribution in [0, 0.1) is 0 Å². The Labute approximate surface area is 150 Å². The summed E-state index contributed by atoms with van der Waals surface area (Å²) in [7, 11) is -4.06. The number of hydrogen-bond acceptors (Lipinski definition) is 4. The first kappa shape index (κ1) is 20.7. The van der Waals surface area contributed by atoms with E-state index < -0.39 is 26.7 Å². The van der Waals surface area contributed by atoms with E-state index in [0.717, 1.165) is 37.6 Å². The molecule has 1 amide bonds. The van der Waals surface area contributed by atoms with Gasteiger partial charge in [0.1, 0.15) is 0 Å². The normalized spacial score (nSPS) is 18.5. The van der Waals surface area contributed by atoms with Gasteiger partial charge in [0, 0.05) is 25.6 Å². The molecule has 1 atom stereocenters. The minimum absolute atomic E-state index is 0.0328. The molecular formula is C16H22F3N3O3S. The summed E-state index contributed by atoms with van der Waals surface area (Å²) < 4.78 is 64.4. The number of amides is 1. The van der Waals surface area contributed by atoms with Crippen LogP contribution in [0.15, 0.2) is 29.2 Å². The van der Waals surface area contributed by atoms with Crippen molar-refractivity contribution in [3.8, 4) is 0 Å². The molecule has 6 nitrogen and oxygen atoms in total. The minimum Gasteiger partial charge on any atom is -0.352 e. The number of carbonyl (C=O) groups is 1. The van der Waals surface area contributed by atoms with Gasteiger partial charge in [0.2, 0.25) is 15.9 Å². The van der Waals surface area contributed by atoms with Crippen LogP contribution in [0.1, 0.15) is 31.2 Å². The Morgan fingerprint density at radius 2 is 2.08 bits per heavy atom. The molecule has 0 aromatic heterocycles. The van der Waals surface area contributed by atoms with Crippen LogP contribution < -0.4 is 15.4 Å². The van der Waals surface area contributed by atoms with Gasteiger partial charge in [-0.1, -0.05) is 6.07 Å². The zero-order valence-corrected chi connectivity index (χ0v) is 14.9. The molecule has 2 rings (SSSR count). The van der Waals surface area contributed by atoms with E-state index in [2.05, 4.69) is 15.4 Å². The fourth-order valence-electron chi connectivity index (χ4n) is 2.65. The zero-order valence-electron chi connectivity index (χ0n) is 14.1. The van der Waals surface area contributed by atoms with Gasteiger partial charge in [-0.25, -0.2) is 13.1 Å². The Morgan fingerprint density at radius 3 is 2.73 bits per heavy atom. The van der Waals surface area contributed by atoms with E-state index in [1.807, 2.05) is 0 Å². The summed E-state index contributed by atoms with van der Waals surface area (Å²) in [5.74, 6) is -0.169. The van der Waals surface area contributed by atoms with Crippen molar-refractivity contribution in [1.29, 1.82) is 0 Å². The summed E-state index contributed by atoms with van der Waals surface area (Å²) in [6.07, 6.45) is -2.33. The van der Waals surface area contributed by atoms with E-state index in [-0.39, 0.29) is 31.3 Å². The van der Waals surface area contributed by atoms with Crippen LogP contribution >= 0.6 is 0 Å². The Balaban J connectivity index is 1.80. The van der Waals surface area contributed by atoms with E-state index in [1.54, 1.807) is 0 Å². The molecule has 1 unspecified atom stereocenters. The third-order valence-corrected chi connectivity index (χ3v) is 5.47. The summed E-state index contributed by atoms with van der Waals surface area (Å²) in [4.78, 5) is 11.4. The second-order valence-electron chi connectivity index (χ2n) is 6.14. The fraction of sp³-hybridized carbons (Fsp3) is 0.562. The SMILES string of the molecule is O=C(CCCNS(=O)(=O)c1cccc(C(F)(F)F)c1)NC1CCCNC1. The molecule has 1 heterocycles. The maximum atomic E-state index is 12.7. The molecule has 1 aromatic rings. The summed E-state index contributed by atoms with van der Waals surface area (Å²) in [5.41, 5.74) is -1.03. The summed E-state index contributed by atoms with van der Waals surface area (Å²) >= 11 is 0. The fourth-order valence-corrected chi connectivity index (χ4v) is 3.77. The topological polar surface area (TPSA) is 87.3 Å². The maximum absolute atomic E-state index is 12.7. The molecule has 1 aromatic carbocycles. The van der Waals surface area contributed by atoms with Gasteiger partial charge in [-0.2, -0.15) is 13.2 Å². The predicted octanol–water partition coefficient (Wildman–Crippen LogP) is 1.63. The average Bonchev–Trinajstić information content (AvgIpc) is 2.59. The zero-order chi connectivity index (χ0) is 19.2. The van der Waals surface area contributed by atoms with Crippen LogP contribution in [0.2, 0.25) is 0 Å². The Morgan fingerprint density at radius 1 is 1.31 bits per heavy atom. The molecule has 146 valence electrons. The van der Waals surface area contributed by atoms with Gasteiger partial charge in [-0.3, -0.25) is 4.79 Å². The van der Waals surface area contributed by atoms with Gasteiger partial charge in [0.15, 0.2) is 0 Å². The molecule has 0 aliphatic carbocycles. The van der Waals surface area contributed by atoms with Gasteiger partial charge < -0.3 is 10.6 Å². The van der Waals surface area contributed by atoms with Crippen LogP contribution in [-0.2, 0) is 21.0 Å². The second-order valence-corrected chi connectivity index (χ2v) is 7.90. The molecule has 3 N–H and O–H groups in total. The molecule has 0 bridgehead atoms. The Kier molecular flexibility index (Phi) is 7.01. The lowest BCUT2D eigenvalue weighted by Crippen LogP contribution is -2.45. The quantitative estimate of drug-likeness (QED) is 0.615. The first-order valence-corrected chi connectivity index (χ1v) is 9.84. The molecule has 0 spiro atoms. The van der Waals surface area contributed by atoms with Crippen molar-refractivity contribution >= 4 is 15.9 Å². The molecular weight excluding hydrogens is 371 g/mol. The number of benzene rings is 1. The summed E-state index contributed by atoms with van der Waals surface area (Å²) in [6, 6.07) is 3.62. The maximum Gasteiger partial charge on any atom is 0.416 e. The van der Waals surface area contributed by atoms with E-state index in [9.17, 15) is 26.4 Å². The summed E-state index contributed by atoms with van der Waals surface area (Å²) in [5, 5.41) is 6.04. The van der Waals surface area contributed by atoms with Gasteiger partial charge in [0.25, 0.3) is 0 Å². The van der Waals surface area contributed by atoms with E-state index in [0.29, 0.717) is 12.6 Å². The van der Waals surface area contributed by atoms with Crippen molar-refractivity contribution in [3.63, 3.8) is 0 Å². The predicted molar refractivity (Wildman–Crippen MR) is 89.9 cm³/mol. The van der Waals surface area contributed by atoms with E-state index >= 15 is 0 Å². The molecule has 1 aliphatic heterocycles. The van der Waals surface area contributed by atoms with Crippen molar-refractivity contribution in [1.82, 2.24) is 15.4 Å². The third kappa shape index (κ3) is 6.26. The number of carbonyl (C=O) groups excluding carboxylic acids is 1. The molecule has 0 saturated carbocycles. The lowest BCUT2D eigenvalue weighted by molar-refractivity contribution is -0.137. The standard InChI is InChI=1S/C16H22F3N3O3S/c17-16(18,19)12-4-1-6-14(10-12)26(24,25)21-9-3-7-15(23)22-13-5-2-8-20-11-13/h1,4,6,10,13,20-21H,2-3,5,7-9,11H2,(H,22,23). The van der Waals surface area contributed by atoms with Crippen molar-refractivity contribution < 1.29 is 26.4 Å².